The second-order valence-electron chi connectivity index (χ2n) is 5.80. The summed E-state index contributed by atoms with van der Waals surface area (Å²) in [7, 11) is -2.94. The van der Waals surface area contributed by atoms with Crippen molar-refractivity contribution >= 4 is 37.2 Å². The number of nitrogens with zero attached hydrogens (tertiary/aromatic N) is 4. The molecule has 0 amide bonds. The van der Waals surface area contributed by atoms with Crippen LogP contribution in [-0.4, -0.2) is 45.5 Å². The van der Waals surface area contributed by atoms with Gasteiger partial charge >= 0.3 is 0 Å². The Morgan fingerprint density at radius 3 is 2.59 bits per heavy atom. The fourth-order valence-electron chi connectivity index (χ4n) is 2.90. The molecule has 22 heavy (non-hydrogen) atoms. The second-order valence-corrected chi connectivity index (χ2v) is 8.94. The predicted octanol–water partition coefficient (Wildman–Crippen LogP) is 1.96. The molecule has 9 heteroatoms. The third-order valence-electron chi connectivity index (χ3n) is 4.15. The van der Waals surface area contributed by atoms with Crippen molar-refractivity contribution in [1.29, 1.82) is 0 Å². The van der Waals surface area contributed by atoms with Crippen LogP contribution in [0.4, 0.5) is 5.82 Å². The highest BCUT2D eigenvalue weighted by Crippen LogP contribution is 2.27. The first-order valence-electron chi connectivity index (χ1n) is 7.18. The topological polar surface area (TPSA) is 89.2 Å². The molecule has 7 nitrogen and oxygen atoms in total. The average Bonchev–Trinajstić information content (AvgIpc) is 2.80. The van der Waals surface area contributed by atoms with Gasteiger partial charge in [0, 0.05) is 18.5 Å². The van der Waals surface area contributed by atoms with Gasteiger partial charge in [-0.15, -0.1) is 10.2 Å². The van der Waals surface area contributed by atoms with E-state index >= 15 is 0 Å². The fourth-order valence-corrected chi connectivity index (χ4v) is 4.41. The summed E-state index contributed by atoms with van der Waals surface area (Å²) in [4.78, 5) is 4.44. The van der Waals surface area contributed by atoms with E-state index in [0.29, 0.717) is 28.9 Å². The largest absolute Gasteiger partial charge is 0.364 e. The monoisotopic (exact) mass is 387 g/mol. The Bertz CT molecular complexity index is 796. The Morgan fingerprint density at radius 1 is 1.27 bits per heavy atom. The van der Waals surface area contributed by atoms with Gasteiger partial charge in [0.1, 0.15) is 20.3 Å². The van der Waals surface area contributed by atoms with Crippen LogP contribution in [0.3, 0.4) is 0 Å². The van der Waals surface area contributed by atoms with Crippen molar-refractivity contribution in [2.45, 2.75) is 43.9 Å². The Labute approximate surface area is 137 Å². The molecule has 3 rings (SSSR count). The number of halogens is 1. The minimum atomic E-state index is -2.94. The molecule has 2 aromatic heterocycles. The highest BCUT2D eigenvalue weighted by molar-refractivity contribution is 9.10. The summed E-state index contributed by atoms with van der Waals surface area (Å²) < 4.78 is 25.8. The smallest absolute Gasteiger partial charge is 0.203 e. The zero-order valence-electron chi connectivity index (χ0n) is 12.5. The van der Waals surface area contributed by atoms with Gasteiger partial charge in [-0.1, -0.05) is 0 Å². The number of hydrogen-bond acceptors (Lipinski definition) is 6. The van der Waals surface area contributed by atoms with E-state index in [-0.39, 0.29) is 11.3 Å². The predicted molar refractivity (Wildman–Crippen MR) is 87.7 cm³/mol. The van der Waals surface area contributed by atoms with Crippen molar-refractivity contribution in [1.82, 2.24) is 19.6 Å². The Hall–Kier alpha value is -1.22. The first-order valence-corrected chi connectivity index (χ1v) is 9.92. The minimum Gasteiger partial charge on any atom is -0.364 e. The van der Waals surface area contributed by atoms with E-state index < -0.39 is 9.84 Å². The summed E-state index contributed by atoms with van der Waals surface area (Å²) in [6.07, 6.45) is 6.15. The van der Waals surface area contributed by atoms with Gasteiger partial charge in [0.15, 0.2) is 5.82 Å². The summed E-state index contributed by atoms with van der Waals surface area (Å²) in [6, 6.07) is 0.209. The van der Waals surface area contributed by atoms with E-state index in [0.717, 1.165) is 18.7 Å². The maximum atomic E-state index is 11.6. The summed E-state index contributed by atoms with van der Waals surface area (Å²) in [6.45, 7) is 1.88. The molecule has 1 aliphatic carbocycles. The zero-order chi connectivity index (χ0) is 15.9. The second kappa shape index (κ2) is 5.77. The molecule has 1 N–H and O–H groups in total. The molecule has 0 bridgehead atoms. The van der Waals surface area contributed by atoms with E-state index in [1.165, 1.54) is 6.26 Å². The number of anilines is 1. The highest BCUT2D eigenvalue weighted by Gasteiger charge is 2.28. The number of aromatic nitrogens is 4. The summed E-state index contributed by atoms with van der Waals surface area (Å²) in [5.74, 6) is 1.47. The van der Waals surface area contributed by atoms with Crippen LogP contribution >= 0.6 is 15.9 Å². The van der Waals surface area contributed by atoms with Crippen LogP contribution in [0.15, 0.2) is 10.8 Å². The molecular weight excluding hydrogens is 370 g/mol. The number of sulfone groups is 1. The van der Waals surface area contributed by atoms with E-state index in [1.807, 2.05) is 17.5 Å². The average molecular weight is 388 g/mol. The lowest BCUT2D eigenvalue weighted by atomic mass is 9.95. The van der Waals surface area contributed by atoms with Gasteiger partial charge in [-0.25, -0.2) is 13.4 Å². The van der Waals surface area contributed by atoms with Gasteiger partial charge in [0.05, 0.1) is 5.25 Å². The first-order chi connectivity index (χ1) is 10.3. The molecule has 0 atom stereocenters. The lowest BCUT2D eigenvalue weighted by molar-refractivity contribution is 0.453. The van der Waals surface area contributed by atoms with E-state index in [4.69, 9.17) is 0 Å². The lowest BCUT2D eigenvalue weighted by Crippen LogP contribution is -2.32. The number of rotatable bonds is 3. The zero-order valence-corrected chi connectivity index (χ0v) is 14.9. The molecule has 0 unspecified atom stereocenters. The van der Waals surface area contributed by atoms with Gasteiger partial charge in [-0.3, -0.25) is 4.40 Å². The van der Waals surface area contributed by atoms with Crippen molar-refractivity contribution in [2.24, 2.45) is 0 Å². The molecule has 120 valence electrons. The van der Waals surface area contributed by atoms with E-state index in [1.54, 1.807) is 0 Å². The van der Waals surface area contributed by atoms with Crippen molar-refractivity contribution < 1.29 is 8.42 Å². The summed E-state index contributed by atoms with van der Waals surface area (Å²) in [5.41, 5.74) is 0.686. The van der Waals surface area contributed by atoms with Crippen LogP contribution in [0.25, 0.3) is 5.65 Å². The molecule has 1 saturated carbocycles. The highest BCUT2D eigenvalue weighted by atomic mass is 79.9. The molecule has 0 saturated heterocycles. The quantitative estimate of drug-likeness (QED) is 0.865. The maximum absolute atomic E-state index is 11.6. The van der Waals surface area contributed by atoms with Crippen LogP contribution in [0.2, 0.25) is 0 Å². The van der Waals surface area contributed by atoms with Gasteiger partial charge in [-0.05, 0) is 48.5 Å². The molecule has 2 aromatic rings. The molecule has 1 aliphatic rings. The molecular formula is C13H18BrN5O2S. The summed E-state index contributed by atoms with van der Waals surface area (Å²) in [5, 5.41) is 11.4. The van der Waals surface area contributed by atoms with Crippen molar-refractivity contribution in [2.75, 3.05) is 11.6 Å². The number of nitrogens with one attached hydrogen (secondary N) is 1. The normalized spacial score (nSPS) is 22.9. The molecule has 0 spiro atoms. The Morgan fingerprint density at radius 2 is 1.95 bits per heavy atom. The Balaban J connectivity index is 1.78. The maximum Gasteiger partial charge on any atom is 0.203 e. The van der Waals surface area contributed by atoms with Gasteiger partial charge in [0.25, 0.3) is 0 Å². The van der Waals surface area contributed by atoms with Crippen molar-refractivity contribution in [3.63, 3.8) is 0 Å². The standard InChI is InChI=1S/C13H18BrN5O2S/c1-8-17-18-13-12(16-11(14)7-19(8)13)15-9-3-5-10(6-4-9)22(2,20)21/h7,9-10H,3-6H2,1-2H3,(H,15,16). The number of fused-ring (bicyclic) bond motifs is 1. The van der Waals surface area contributed by atoms with Crippen LogP contribution in [0.5, 0.6) is 0 Å². The third kappa shape index (κ3) is 3.10. The fraction of sp³-hybridized carbons (Fsp3) is 0.615. The molecule has 2 heterocycles. The van der Waals surface area contributed by atoms with Crippen LogP contribution in [0, 0.1) is 6.92 Å². The SMILES string of the molecule is Cc1nnc2c(NC3CCC(S(C)(=O)=O)CC3)nc(Br)cn12. The third-order valence-corrected chi connectivity index (χ3v) is 6.22. The first kappa shape index (κ1) is 15.7. The molecule has 0 aliphatic heterocycles. The summed E-state index contributed by atoms with van der Waals surface area (Å²) >= 11 is 3.40. The molecule has 1 fully saturated rings. The van der Waals surface area contributed by atoms with Crippen molar-refractivity contribution in [3.8, 4) is 0 Å². The van der Waals surface area contributed by atoms with Gasteiger partial charge in [-0.2, -0.15) is 0 Å². The minimum absolute atomic E-state index is 0.209. The van der Waals surface area contributed by atoms with Crippen molar-refractivity contribution in [3.05, 3.63) is 16.6 Å². The Kier molecular flexibility index (Phi) is 4.11. The van der Waals surface area contributed by atoms with E-state index in [2.05, 4.69) is 36.4 Å². The lowest BCUT2D eigenvalue weighted by Gasteiger charge is -2.28. The van der Waals surface area contributed by atoms with Crippen LogP contribution < -0.4 is 5.32 Å². The van der Waals surface area contributed by atoms with Gasteiger partial charge < -0.3 is 5.32 Å². The van der Waals surface area contributed by atoms with E-state index in [9.17, 15) is 8.42 Å². The molecule has 0 aromatic carbocycles. The van der Waals surface area contributed by atoms with Gasteiger partial charge in [0.2, 0.25) is 5.65 Å². The van der Waals surface area contributed by atoms with Crippen LogP contribution in [-0.2, 0) is 9.84 Å². The van der Waals surface area contributed by atoms with Crippen LogP contribution in [0.1, 0.15) is 31.5 Å². The molecule has 0 radical (unpaired) electrons. The number of aryl methyl sites for hydroxylation is 1. The number of hydrogen-bond donors (Lipinski definition) is 1.